The smallest absolute Gasteiger partial charge is 0.248 e. The van der Waals surface area contributed by atoms with E-state index in [1.165, 1.54) is 94.6 Å². The number of nitrogens with zero attached hydrogens (tertiary/aromatic N) is 3. The summed E-state index contributed by atoms with van der Waals surface area (Å²) in [5.41, 5.74) is 1.58. The number of benzene rings is 1. The van der Waals surface area contributed by atoms with Gasteiger partial charge < -0.3 is 0 Å². The molecule has 0 aliphatic carbocycles. The maximum absolute atomic E-state index is 12.3. The van der Waals surface area contributed by atoms with E-state index < -0.39 is 0 Å². The molecule has 0 aliphatic heterocycles. The molecule has 1 aromatic carbocycles. The molecular formula is C28H45N3O. The number of hydrogen-bond acceptors (Lipinski definition) is 3. The monoisotopic (exact) mass is 439 g/mol. The van der Waals surface area contributed by atoms with Gasteiger partial charge in [-0.25, -0.2) is 0 Å². The predicted octanol–water partition coefficient (Wildman–Crippen LogP) is 8.67. The van der Waals surface area contributed by atoms with E-state index in [4.69, 9.17) is 0 Å². The Morgan fingerprint density at radius 1 is 0.750 bits per heavy atom. The van der Waals surface area contributed by atoms with E-state index in [9.17, 15) is 4.79 Å². The number of aromatic nitrogens is 3. The molecule has 4 nitrogen and oxygen atoms in total. The molecule has 0 saturated carbocycles. The Hall–Kier alpha value is -1.97. The maximum atomic E-state index is 12.3. The fraction of sp³-hybridized carbons (Fsp3) is 0.679. The van der Waals surface area contributed by atoms with Crippen molar-refractivity contribution in [2.24, 2.45) is 0 Å². The zero-order valence-corrected chi connectivity index (χ0v) is 20.4. The molecule has 4 heteroatoms. The first kappa shape index (κ1) is 26.3. The van der Waals surface area contributed by atoms with Crippen LogP contribution in [0.25, 0.3) is 11.0 Å². The van der Waals surface area contributed by atoms with E-state index >= 15 is 0 Å². The molecule has 2 rings (SSSR count). The Morgan fingerprint density at radius 3 is 1.91 bits per heavy atom. The summed E-state index contributed by atoms with van der Waals surface area (Å²) in [7, 11) is 0. The molecule has 1 heterocycles. The summed E-state index contributed by atoms with van der Waals surface area (Å²) in [6, 6.07) is 7.61. The van der Waals surface area contributed by atoms with E-state index in [-0.39, 0.29) is 5.91 Å². The number of carbonyl (C=O) groups excluding carboxylic acids is 1. The topological polar surface area (TPSA) is 47.8 Å². The fourth-order valence-corrected chi connectivity index (χ4v) is 4.21. The number of para-hydroxylation sites is 1. The number of carbonyl (C=O) groups is 1. The lowest BCUT2D eigenvalue weighted by molar-refractivity contribution is 0.0886. The molecule has 0 unspecified atom stereocenters. The summed E-state index contributed by atoms with van der Waals surface area (Å²) in [5.74, 6) is 0.0367. The zero-order valence-electron chi connectivity index (χ0n) is 20.4. The van der Waals surface area contributed by atoms with E-state index in [2.05, 4.69) is 29.4 Å². The average Bonchev–Trinajstić information content (AvgIpc) is 3.25. The van der Waals surface area contributed by atoms with Crippen molar-refractivity contribution in [3.8, 4) is 0 Å². The van der Waals surface area contributed by atoms with Crippen LogP contribution in [0.2, 0.25) is 0 Å². The van der Waals surface area contributed by atoms with Crippen molar-refractivity contribution in [3.63, 3.8) is 0 Å². The Morgan fingerprint density at radius 2 is 1.28 bits per heavy atom. The lowest BCUT2D eigenvalue weighted by Gasteiger charge is -2.02. The van der Waals surface area contributed by atoms with Crippen molar-refractivity contribution >= 4 is 16.9 Å². The van der Waals surface area contributed by atoms with E-state index in [1.54, 1.807) is 0 Å². The lowest BCUT2D eigenvalue weighted by Crippen LogP contribution is -2.11. The highest BCUT2D eigenvalue weighted by Crippen LogP contribution is 2.14. The van der Waals surface area contributed by atoms with Crippen LogP contribution in [0.15, 0.2) is 36.4 Å². The lowest BCUT2D eigenvalue weighted by atomic mass is 10.0. The SMILES string of the molecule is CCCCCCCCCCCCCCC/C=C/CCCCC(=O)n1nnc2ccccc21. The van der Waals surface area contributed by atoms with Crippen LogP contribution in [0, 0.1) is 0 Å². The summed E-state index contributed by atoms with van der Waals surface area (Å²) >= 11 is 0. The molecule has 0 fully saturated rings. The van der Waals surface area contributed by atoms with E-state index in [1.807, 2.05) is 24.3 Å². The quantitative estimate of drug-likeness (QED) is 0.162. The summed E-state index contributed by atoms with van der Waals surface area (Å²) in [6.07, 6.45) is 27.7. The highest BCUT2D eigenvalue weighted by Gasteiger charge is 2.10. The molecule has 32 heavy (non-hydrogen) atoms. The van der Waals surface area contributed by atoms with Crippen molar-refractivity contribution in [2.45, 2.75) is 122 Å². The number of hydrogen-bond donors (Lipinski definition) is 0. The molecule has 2 aromatic rings. The zero-order chi connectivity index (χ0) is 22.7. The third-order valence-electron chi connectivity index (χ3n) is 6.24. The molecule has 1 aromatic heterocycles. The molecule has 0 amide bonds. The second-order valence-corrected chi connectivity index (χ2v) is 9.13. The third-order valence-corrected chi connectivity index (χ3v) is 6.24. The van der Waals surface area contributed by atoms with Gasteiger partial charge in [-0.15, -0.1) is 5.10 Å². The molecule has 0 radical (unpaired) electrons. The van der Waals surface area contributed by atoms with Crippen LogP contribution in [-0.4, -0.2) is 20.9 Å². The number of allylic oxidation sites excluding steroid dienone is 2. The van der Waals surface area contributed by atoms with Gasteiger partial charge in [-0.2, -0.15) is 4.68 Å². The van der Waals surface area contributed by atoms with Crippen LogP contribution in [0.3, 0.4) is 0 Å². The Bertz CT molecular complexity index is 765. The van der Waals surface area contributed by atoms with Gasteiger partial charge in [-0.3, -0.25) is 4.79 Å². The minimum absolute atomic E-state index is 0.0367. The van der Waals surface area contributed by atoms with Crippen LogP contribution in [0.4, 0.5) is 0 Å². The predicted molar refractivity (Wildman–Crippen MR) is 136 cm³/mol. The molecular weight excluding hydrogens is 394 g/mol. The van der Waals surface area contributed by atoms with Gasteiger partial charge in [0.25, 0.3) is 0 Å². The van der Waals surface area contributed by atoms with Crippen molar-refractivity contribution < 1.29 is 4.79 Å². The summed E-state index contributed by atoms with van der Waals surface area (Å²) < 4.78 is 1.44. The van der Waals surface area contributed by atoms with Crippen molar-refractivity contribution in [3.05, 3.63) is 36.4 Å². The van der Waals surface area contributed by atoms with Gasteiger partial charge in [-0.1, -0.05) is 113 Å². The van der Waals surface area contributed by atoms with Crippen LogP contribution in [0.1, 0.15) is 127 Å². The Balaban J connectivity index is 1.35. The van der Waals surface area contributed by atoms with Gasteiger partial charge in [0.05, 0.1) is 5.52 Å². The average molecular weight is 440 g/mol. The Labute approximate surface area is 195 Å². The molecule has 0 N–H and O–H groups in total. The van der Waals surface area contributed by atoms with Crippen LogP contribution in [-0.2, 0) is 0 Å². The maximum Gasteiger partial charge on any atom is 0.248 e. The summed E-state index contributed by atoms with van der Waals surface area (Å²) in [5, 5.41) is 8.05. The molecule has 0 saturated heterocycles. The minimum Gasteiger partial charge on any atom is -0.273 e. The standard InChI is InChI=1S/C28H45N3O/c1-2-3-4-5-6-7-8-9-10-11-12-13-14-15-16-17-18-19-20-25-28(32)31-27-24-22-21-23-26(27)29-30-31/h16-17,21-24H,2-15,18-20,25H2,1H3/b17-16+. The number of unbranched alkanes of at least 4 members (excludes halogenated alkanes) is 15. The van der Waals surface area contributed by atoms with Gasteiger partial charge in [-0.05, 0) is 44.2 Å². The fourth-order valence-electron chi connectivity index (χ4n) is 4.21. The first-order chi connectivity index (χ1) is 15.8. The Kier molecular flexibility index (Phi) is 14.4. The highest BCUT2D eigenvalue weighted by molar-refractivity contribution is 5.88. The minimum atomic E-state index is 0.0367. The van der Waals surface area contributed by atoms with Gasteiger partial charge in [0, 0.05) is 6.42 Å². The van der Waals surface area contributed by atoms with Crippen molar-refractivity contribution in [1.82, 2.24) is 15.0 Å². The second kappa shape index (κ2) is 17.6. The summed E-state index contributed by atoms with van der Waals surface area (Å²) in [6.45, 7) is 2.28. The van der Waals surface area contributed by atoms with E-state index in [0.29, 0.717) is 6.42 Å². The van der Waals surface area contributed by atoms with Gasteiger partial charge in [0.1, 0.15) is 5.52 Å². The van der Waals surface area contributed by atoms with Gasteiger partial charge >= 0.3 is 0 Å². The van der Waals surface area contributed by atoms with Crippen LogP contribution >= 0.6 is 0 Å². The molecule has 178 valence electrons. The molecule has 0 bridgehead atoms. The van der Waals surface area contributed by atoms with Crippen LogP contribution in [0.5, 0.6) is 0 Å². The number of fused-ring (bicyclic) bond motifs is 1. The molecule has 0 atom stereocenters. The first-order valence-electron chi connectivity index (χ1n) is 13.3. The van der Waals surface area contributed by atoms with Crippen LogP contribution < -0.4 is 0 Å². The first-order valence-corrected chi connectivity index (χ1v) is 13.3. The van der Waals surface area contributed by atoms with Gasteiger partial charge in [0.2, 0.25) is 5.91 Å². The van der Waals surface area contributed by atoms with Crippen molar-refractivity contribution in [2.75, 3.05) is 0 Å². The van der Waals surface area contributed by atoms with E-state index in [0.717, 1.165) is 30.3 Å². The second-order valence-electron chi connectivity index (χ2n) is 9.13. The van der Waals surface area contributed by atoms with Gasteiger partial charge in [0.15, 0.2) is 0 Å². The number of rotatable bonds is 19. The molecule has 0 aliphatic rings. The third kappa shape index (κ3) is 11.1. The highest BCUT2D eigenvalue weighted by atomic mass is 16.2. The summed E-state index contributed by atoms with van der Waals surface area (Å²) in [4.78, 5) is 12.3. The molecule has 0 spiro atoms. The van der Waals surface area contributed by atoms with Crippen molar-refractivity contribution in [1.29, 1.82) is 0 Å². The largest absolute Gasteiger partial charge is 0.273 e. The normalized spacial score (nSPS) is 11.7.